The molecule has 0 N–H and O–H groups in total. The van der Waals surface area contributed by atoms with Crippen LogP contribution in [0.15, 0.2) is 124 Å². The van der Waals surface area contributed by atoms with Crippen molar-refractivity contribution in [3.8, 4) is 51.7 Å². The minimum absolute atomic E-state index is 0.163. The predicted molar refractivity (Wildman–Crippen MR) is 367 cm³/mol. The lowest BCUT2D eigenvalue weighted by Crippen LogP contribution is -2.35. The van der Waals surface area contributed by atoms with Crippen molar-refractivity contribution < 1.29 is 57.0 Å². The first-order chi connectivity index (χ1) is 39.3. The second-order valence-electron chi connectivity index (χ2n) is 21.5. The smallest absolute Gasteiger partial charge is 0.344 e. The lowest BCUT2D eigenvalue weighted by atomic mass is 9.86. The Labute approximate surface area is 565 Å². The summed E-state index contributed by atoms with van der Waals surface area (Å²) in [6, 6.07) is 35.8. The molecule has 0 amide bonds. The Morgan fingerprint density at radius 2 is 0.573 bits per heavy atom. The van der Waals surface area contributed by atoms with Crippen molar-refractivity contribution in [1.29, 1.82) is 0 Å². The average molecular weight is 1810 g/mol. The molecule has 12 nitrogen and oxygen atoms in total. The van der Waals surface area contributed by atoms with Gasteiger partial charge in [-0.1, -0.05) is 19.3 Å². The predicted octanol–water partition coefficient (Wildman–Crippen LogP) is 18.7. The molecule has 3 saturated carbocycles. The van der Waals surface area contributed by atoms with E-state index in [4.69, 9.17) is 42.6 Å². The highest BCUT2D eigenvalue weighted by atomic mass is 127. The Balaban J connectivity index is 0.896. The highest BCUT2D eigenvalue weighted by Crippen LogP contribution is 2.42. The number of esters is 3. The summed E-state index contributed by atoms with van der Waals surface area (Å²) in [5.74, 6) is 4.68. The third kappa shape index (κ3) is 17.7. The molecule has 6 aromatic rings. The number of carbonyl (C=O) groups excluding carboxylic acids is 3. The fourth-order valence-electron chi connectivity index (χ4n) is 10.3. The van der Waals surface area contributed by atoms with Gasteiger partial charge in [0.25, 0.3) is 0 Å². The van der Waals surface area contributed by atoms with Crippen LogP contribution in [0, 0.1) is 21.4 Å². The third-order valence-corrected chi connectivity index (χ3v) is 22.0. The molecular weight excluding hydrogens is 1740 g/mol. The number of hydrogen-bond acceptors (Lipinski definition) is 12. The second-order valence-corrected chi connectivity index (χ2v) is 30.5. The summed E-state index contributed by atoms with van der Waals surface area (Å²) in [5.41, 5.74) is -1.28. The number of carbonyl (C=O) groups is 3. The minimum atomic E-state index is -0.586. The van der Waals surface area contributed by atoms with Gasteiger partial charge in [0.05, 0.1) is 32.3 Å². The van der Waals surface area contributed by atoms with E-state index >= 15 is 0 Å². The molecule has 0 aliphatic heterocycles. The van der Waals surface area contributed by atoms with E-state index < -0.39 is 27.7 Å². The Hall–Kier alpha value is -2.74. The number of rotatable bonds is 21. The molecule has 19 heteroatoms. The Bertz CT molecular complexity index is 2870. The number of ether oxygens (including phenoxy) is 9. The normalized spacial score (nSPS) is 16.3. The van der Waals surface area contributed by atoms with Crippen LogP contribution in [0.5, 0.6) is 51.7 Å². The monoisotopic (exact) mass is 1800 g/mol. The van der Waals surface area contributed by atoms with E-state index in [0.717, 1.165) is 113 Å². The van der Waals surface area contributed by atoms with Crippen LogP contribution in [0.4, 0.5) is 0 Å². The van der Waals surface area contributed by atoms with Gasteiger partial charge < -0.3 is 42.6 Å². The van der Waals surface area contributed by atoms with Gasteiger partial charge in [-0.2, -0.15) is 0 Å². The van der Waals surface area contributed by atoms with Gasteiger partial charge in [0.15, 0.2) is 34.5 Å². The van der Waals surface area contributed by atoms with Crippen molar-refractivity contribution in [2.24, 2.45) is 0 Å². The molecule has 3 aliphatic carbocycles. The van der Waals surface area contributed by atoms with Crippen LogP contribution in [0.1, 0.15) is 117 Å². The van der Waals surface area contributed by atoms with Crippen LogP contribution >= 0.6 is 136 Å². The maximum atomic E-state index is 12.8. The van der Waals surface area contributed by atoms with Gasteiger partial charge in [0.1, 0.15) is 68.5 Å². The molecule has 0 aromatic heterocycles. The maximum absolute atomic E-state index is 12.8. The lowest BCUT2D eigenvalue weighted by Gasteiger charge is -2.33. The van der Waals surface area contributed by atoms with Gasteiger partial charge in [-0.15, -0.1) is 0 Å². The van der Waals surface area contributed by atoms with E-state index in [2.05, 4.69) is 172 Å². The topological polar surface area (TPSA) is 134 Å². The fraction of sp³-hybridized carbons (Fsp3) is 0.381. The Morgan fingerprint density at radius 3 is 0.817 bits per heavy atom. The van der Waals surface area contributed by atoms with E-state index in [1.54, 1.807) is 0 Å². The van der Waals surface area contributed by atoms with Crippen molar-refractivity contribution in [1.82, 2.24) is 0 Å². The standard InChI is InChI=1S/C63H63I6O12S/c1-61(25-7-4-8-26-61)79-58(70)37-73-52-31-49(67)55(34-46(52)64)76-40-13-19-43(20-14-40)82(44-21-15-41(16-22-44)77-56-35-47(65)53(32-50(56)68)74-38-59(71)80-62(2)27-9-5-10-28-62)45-23-17-42(18-24-45)78-57-36-48(66)54(33-51(57)69)75-39-60(72)81-63(3)29-11-6-12-30-63/h13-24,31-36H,4-12,25-30,37-39H2,1-3H3/q+1. The summed E-state index contributed by atoms with van der Waals surface area (Å²) in [5, 5.41) is 0. The van der Waals surface area contributed by atoms with Crippen molar-refractivity contribution in [3.05, 3.63) is 131 Å². The molecule has 82 heavy (non-hydrogen) atoms. The van der Waals surface area contributed by atoms with Crippen LogP contribution in [-0.2, 0) is 39.5 Å². The largest absolute Gasteiger partial charge is 0.481 e. The first-order valence-corrected chi connectivity index (χ1v) is 35.1. The molecular formula is C63H63I6O12S+. The van der Waals surface area contributed by atoms with Gasteiger partial charge in [-0.25, -0.2) is 14.4 Å². The molecule has 0 bridgehead atoms. The summed E-state index contributed by atoms with van der Waals surface area (Å²) in [6.45, 7) is 5.56. The van der Waals surface area contributed by atoms with Crippen molar-refractivity contribution in [2.45, 2.75) is 149 Å². The van der Waals surface area contributed by atoms with Crippen LogP contribution in [0.2, 0.25) is 0 Å². The van der Waals surface area contributed by atoms with Gasteiger partial charge in [-0.3, -0.25) is 0 Å². The van der Waals surface area contributed by atoms with Gasteiger partial charge in [0.2, 0.25) is 0 Å². The molecule has 0 atom stereocenters. The molecule has 6 aromatic carbocycles. The highest BCUT2D eigenvalue weighted by molar-refractivity contribution is 14.1. The van der Waals surface area contributed by atoms with E-state index in [1.165, 1.54) is 19.3 Å². The summed E-state index contributed by atoms with van der Waals surface area (Å²) in [7, 11) is -0.586. The van der Waals surface area contributed by atoms with E-state index in [1.807, 2.05) is 93.6 Å². The third-order valence-electron chi connectivity index (χ3n) is 14.7. The molecule has 3 aliphatic rings. The summed E-state index contributed by atoms with van der Waals surface area (Å²) < 4.78 is 59.9. The van der Waals surface area contributed by atoms with Gasteiger partial charge in [0, 0.05) is 0 Å². The van der Waals surface area contributed by atoms with E-state index in [9.17, 15) is 14.4 Å². The SMILES string of the molecule is CC1(OC(=O)COc2cc(I)c(Oc3ccc([S+](c4ccc(Oc5cc(I)c(OCC(=O)OC6(C)CCCCC6)cc5I)cc4)c4ccc(Oc5cc(I)c(OCC(=O)OC6(C)CCCCC6)cc5I)cc4)cc3)cc2I)CCCCC1. The molecule has 434 valence electrons. The molecule has 9 rings (SSSR count). The van der Waals surface area contributed by atoms with Crippen LogP contribution in [0.25, 0.3) is 0 Å². The highest BCUT2D eigenvalue weighted by Gasteiger charge is 2.34. The zero-order valence-electron chi connectivity index (χ0n) is 45.7. The second kappa shape index (κ2) is 29.3. The number of benzene rings is 6. The van der Waals surface area contributed by atoms with Crippen molar-refractivity contribution in [3.63, 3.8) is 0 Å². The summed E-state index contributed by atoms with van der Waals surface area (Å²) in [4.78, 5) is 41.6. The van der Waals surface area contributed by atoms with Crippen LogP contribution < -0.4 is 28.4 Å². The average Bonchev–Trinajstić information content (AvgIpc) is 3.55. The van der Waals surface area contributed by atoms with Crippen molar-refractivity contribution >= 4 is 164 Å². The van der Waals surface area contributed by atoms with E-state index in [-0.39, 0.29) is 37.7 Å². The minimum Gasteiger partial charge on any atom is -0.481 e. The van der Waals surface area contributed by atoms with Gasteiger partial charge in [-0.05, 0) is 343 Å². The zero-order chi connectivity index (χ0) is 58.0. The summed E-state index contributed by atoms with van der Waals surface area (Å²) >= 11 is 13.3. The fourth-order valence-corrected chi connectivity index (χ4v) is 15.8. The lowest BCUT2D eigenvalue weighted by molar-refractivity contribution is -0.164. The van der Waals surface area contributed by atoms with Crippen LogP contribution in [0.3, 0.4) is 0 Å². The molecule has 0 saturated heterocycles. The zero-order valence-corrected chi connectivity index (χ0v) is 59.5. The summed E-state index contributed by atoms with van der Waals surface area (Å²) in [6.07, 6.45) is 15.2. The number of hydrogen-bond donors (Lipinski definition) is 0. The number of halogens is 6. The molecule has 3 fully saturated rings. The quantitative estimate of drug-likeness (QED) is 0.0294. The molecule has 0 heterocycles. The first-order valence-electron chi connectivity index (χ1n) is 27.4. The Kier molecular flexibility index (Phi) is 22.8. The molecule has 0 unspecified atom stereocenters. The Morgan fingerprint density at radius 1 is 0.354 bits per heavy atom. The maximum Gasteiger partial charge on any atom is 0.344 e. The van der Waals surface area contributed by atoms with Crippen LogP contribution in [-0.4, -0.2) is 54.5 Å². The first kappa shape index (κ1) is 63.8. The van der Waals surface area contributed by atoms with Crippen molar-refractivity contribution in [2.75, 3.05) is 19.8 Å². The molecule has 0 spiro atoms. The molecule has 0 radical (unpaired) electrons. The van der Waals surface area contributed by atoms with E-state index in [0.29, 0.717) is 51.7 Å². The van der Waals surface area contributed by atoms with Gasteiger partial charge >= 0.3 is 17.9 Å².